The van der Waals surface area contributed by atoms with Gasteiger partial charge < -0.3 is 10.5 Å². The maximum absolute atomic E-state index is 12.0. The van der Waals surface area contributed by atoms with E-state index < -0.39 is 17.6 Å². The average Bonchev–Trinajstić information content (AvgIpc) is 2.28. The number of rotatable bonds is 2. The molecule has 1 rings (SSSR count). The van der Waals surface area contributed by atoms with Crippen molar-refractivity contribution in [3.05, 3.63) is 30.3 Å². The Balaban J connectivity index is 3.00. The van der Waals surface area contributed by atoms with Crippen molar-refractivity contribution in [3.63, 3.8) is 0 Å². The van der Waals surface area contributed by atoms with Crippen molar-refractivity contribution in [1.29, 1.82) is 0 Å². The molecule has 2 N–H and O–H groups in total. The van der Waals surface area contributed by atoms with Gasteiger partial charge in [0, 0.05) is 0 Å². The number of nitrogens with two attached hydrogens (primary N) is 1. The fourth-order valence-electron chi connectivity index (χ4n) is 1.33. The lowest BCUT2D eigenvalue weighted by Crippen LogP contribution is -2.43. The molecule has 0 aliphatic heterocycles. The molecule has 0 aliphatic rings. The van der Waals surface area contributed by atoms with E-state index in [9.17, 15) is 9.59 Å². The van der Waals surface area contributed by atoms with Crippen LogP contribution in [0.15, 0.2) is 30.3 Å². The molecule has 1 aromatic rings. The number of benzene rings is 1. The third-order valence-corrected chi connectivity index (χ3v) is 2.01. The van der Waals surface area contributed by atoms with Crippen molar-refractivity contribution in [1.82, 2.24) is 0 Å². The van der Waals surface area contributed by atoms with Crippen LogP contribution in [0.4, 0.5) is 10.5 Å². The van der Waals surface area contributed by atoms with Gasteiger partial charge in [-0.2, -0.15) is 0 Å². The predicted molar refractivity (Wildman–Crippen MR) is 69.2 cm³/mol. The number of imide groups is 1. The minimum absolute atomic E-state index is 0.256. The number of amides is 2. The van der Waals surface area contributed by atoms with Crippen molar-refractivity contribution >= 4 is 17.7 Å². The van der Waals surface area contributed by atoms with Crippen LogP contribution in [-0.2, 0) is 9.53 Å². The number of anilines is 1. The molecular formula is C13H18N2O3. The van der Waals surface area contributed by atoms with Crippen molar-refractivity contribution in [2.45, 2.75) is 26.4 Å². The van der Waals surface area contributed by atoms with E-state index in [1.54, 1.807) is 51.1 Å². The molecule has 0 aliphatic carbocycles. The number of carbonyl (C=O) groups excluding carboxylic acids is 2. The normalized spacial score (nSPS) is 10.9. The van der Waals surface area contributed by atoms with Crippen LogP contribution in [0.25, 0.3) is 0 Å². The Labute approximate surface area is 107 Å². The summed E-state index contributed by atoms with van der Waals surface area (Å²) in [5.41, 5.74) is 5.09. The maximum atomic E-state index is 12.0. The molecule has 0 unspecified atom stereocenters. The van der Waals surface area contributed by atoms with Crippen LogP contribution >= 0.6 is 0 Å². The molecule has 5 heteroatoms. The smallest absolute Gasteiger partial charge is 0.421 e. The van der Waals surface area contributed by atoms with Crippen LogP contribution in [0.1, 0.15) is 20.8 Å². The molecule has 1 aromatic carbocycles. The molecule has 0 saturated carbocycles. The summed E-state index contributed by atoms with van der Waals surface area (Å²) < 4.78 is 5.19. The molecule has 0 atom stereocenters. The van der Waals surface area contributed by atoms with Crippen LogP contribution in [0.5, 0.6) is 0 Å². The number of hydrogen-bond donors (Lipinski definition) is 1. The molecular weight excluding hydrogens is 232 g/mol. The second-order valence-electron chi connectivity index (χ2n) is 4.75. The lowest BCUT2D eigenvalue weighted by Gasteiger charge is -2.25. The summed E-state index contributed by atoms with van der Waals surface area (Å²) in [6.07, 6.45) is -0.718. The average molecular weight is 250 g/mol. The Morgan fingerprint density at radius 3 is 2.22 bits per heavy atom. The van der Waals surface area contributed by atoms with Crippen LogP contribution < -0.4 is 10.6 Å². The highest BCUT2D eigenvalue weighted by molar-refractivity contribution is 6.12. The Hall–Kier alpha value is -1.88. The first-order chi connectivity index (χ1) is 8.35. The Kier molecular flexibility index (Phi) is 4.44. The summed E-state index contributed by atoms with van der Waals surface area (Å²) >= 11 is 0. The van der Waals surface area contributed by atoms with E-state index in [2.05, 4.69) is 0 Å². The van der Waals surface area contributed by atoms with Gasteiger partial charge in [-0.3, -0.25) is 4.79 Å². The zero-order valence-corrected chi connectivity index (χ0v) is 10.8. The number of ether oxygens (including phenoxy) is 1. The molecule has 0 heterocycles. The van der Waals surface area contributed by atoms with Gasteiger partial charge >= 0.3 is 6.09 Å². The molecule has 18 heavy (non-hydrogen) atoms. The predicted octanol–water partition coefficient (Wildman–Crippen LogP) is 1.91. The van der Waals surface area contributed by atoms with Crippen LogP contribution in [0.3, 0.4) is 0 Å². The lowest BCUT2D eigenvalue weighted by atomic mass is 10.2. The van der Waals surface area contributed by atoms with Gasteiger partial charge in [-0.05, 0) is 32.9 Å². The third-order valence-electron chi connectivity index (χ3n) is 2.01. The SMILES string of the molecule is CC(C)(C)OC(=O)N(C(=O)CN)c1ccccc1. The summed E-state index contributed by atoms with van der Waals surface area (Å²) in [6.45, 7) is 4.96. The summed E-state index contributed by atoms with van der Waals surface area (Å²) in [5, 5.41) is 0. The minimum atomic E-state index is -0.718. The maximum Gasteiger partial charge on any atom is 0.421 e. The van der Waals surface area contributed by atoms with Gasteiger partial charge in [0.15, 0.2) is 0 Å². The molecule has 0 radical (unpaired) electrons. The lowest BCUT2D eigenvalue weighted by molar-refractivity contribution is -0.117. The molecule has 5 nitrogen and oxygen atoms in total. The van der Waals surface area contributed by atoms with E-state index in [1.165, 1.54) is 0 Å². The van der Waals surface area contributed by atoms with E-state index in [0.29, 0.717) is 5.69 Å². The first-order valence-corrected chi connectivity index (χ1v) is 5.66. The molecule has 0 spiro atoms. The van der Waals surface area contributed by atoms with Crippen LogP contribution in [0.2, 0.25) is 0 Å². The monoisotopic (exact) mass is 250 g/mol. The fourth-order valence-corrected chi connectivity index (χ4v) is 1.33. The van der Waals surface area contributed by atoms with Crippen LogP contribution in [0, 0.1) is 0 Å². The van der Waals surface area contributed by atoms with Gasteiger partial charge in [-0.1, -0.05) is 18.2 Å². The zero-order chi connectivity index (χ0) is 13.8. The zero-order valence-electron chi connectivity index (χ0n) is 10.8. The fraction of sp³-hybridized carbons (Fsp3) is 0.385. The van der Waals surface area contributed by atoms with E-state index >= 15 is 0 Å². The first kappa shape index (κ1) is 14.2. The van der Waals surface area contributed by atoms with E-state index in [4.69, 9.17) is 10.5 Å². The molecule has 0 bridgehead atoms. The second-order valence-corrected chi connectivity index (χ2v) is 4.75. The number of carbonyl (C=O) groups is 2. The van der Waals surface area contributed by atoms with Crippen LogP contribution in [-0.4, -0.2) is 24.1 Å². The van der Waals surface area contributed by atoms with Gasteiger partial charge in [0.2, 0.25) is 5.91 Å². The Morgan fingerprint density at radius 2 is 1.78 bits per heavy atom. The van der Waals surface area contributed by atoms with Crippen molar-refractivity contribution in [2.75, 3.05) is 11.4 Å². The highest BCUT2D eigenvalue weighted by Gasteiger charge is 2.27. The molecule has 0 aromatic heterocycles. The minimum Gasteiger partial charge on any atom is -0.443 e. The molecule has 0 saturated heterocycles. The summed E-state index contributed by atoms with van der Waals surface area (Å²) in [4.78, 5) is 24.7. The molecule has 2 amide bonds. The third kappa shape index (κ3) is 3.85. The quantitative estimate of drug-likeness (QED) is 0.870. The van der Waals surface area contributed by atoms with Gasteiger partial charge in [0.05, 0.1) is 12.2 Å². The standard InChI is InChI=1S/C13H18N2O3/c1-13(2,3)18-12(17)15(11(16)9-14)10-7-5-4-6-8-10/h4-8H,9,14H2,1-3H3. The summed E-state index contributed by atoms with van der Waals surface area (Å²) in [5.74, 6) is -0.504. The highest BCUT2D eigenvalue weighted by Crippen LogP contribution is 2.17. The number of nitrogens with zero attached hydrogens (tertiary/aromatic N) is 1. The van der Waals surface area contributed by atoms with E-state index in [1.807, 2.05) is 0 Å². The Bertz CT molecular complexity index is 424. The first-order valence-electron chi connectivity index (χ1n) is 5.66. The summed E-state index contributed by atoms with van der Waals surface area (Å²) in [7, 11) is 0. The summed E-state index contributed by atoms with van der Waals surface area (Å²) in [6, 6.07) is 8.56. The Morgan fingerprint density at radius 1 is 1.22 bits per heavy atom. The van der Waals surface area contributed by atoms with Gasteiger partial charge in [-0.25, -0.2) is 9.69 Å². The van der Waals surface area contributed by atoms with Crippen molar-refractivity contribution in [2.24, 2.45) is 5.73 Å². The highest BCUT2D eigenvalue weighted by atomic mass is 16.6. The molecule has 0 fully saturated rings. The molecule has 98 valence electrons. The van der Waals surface area contributed by atoms with Crippen molar-refractivity contribution < 1.29 is 14.3 Å². The largest absolute Gasteiger partial charge is 0.443 e. The van der Waals surface area contributed by atoms with Gasteiger partial charge in [0.1, 0.15) is 5.60 Å². The van der Waals surface area contributed by atoms with E-state index in [-0.39, 0.29) is 6.54 Å². The number of hydrogen-bond acceptors (Lipinski definition) is 4. The topological polar surface area (TPSA) is 72.6 Å². The van der Waals surface area contributed by atoms with E-state index in [0.717, 1.165) is 4.90 Å². The van der Waals surface area contributed by atoms with Gasteiger partial charge in [0.25, 0.3) is 0 Å². The second kappa shape index (κ2) is 5.64. The van der Waals surface area contributed by atoms with Crippen molar-refractivity contribution in [3.8, 4) is 0 Å². The number of para-hydroxylation sites is 1. The van der Waals surface area contributed by atoms with Gasteiger partial charge in [-0.15, -0.1) is 0 Å².